The molecule has 0 radical (unpaired) electrons. The van der Waals surface area contributed by atoms with Gasteiger partial charge in [-0.2, -0.15) is 0 Å². The second-order valence-electron chi connectivity index (χ2n) is 9.93. The molecular weight excluding hydrogens is 534 g/mol. The number of hydrogen-bond acceptors (Lipinski definition) is 5. The maximum absolute atomic E-state index is 13.5. The zero-order valence-electron chi connectivity index (χ0n) is 21.6. The number of phenolic OH excluding ortho intramolecular Hbond substituents is 1. The van der Waals surface area contributed by atoms with Crippen molar-refractivity contribution in [1.82, 2.24) is 15.1 Å². The lowest BCUT2D eigenvalue weighted by atomic mass is 9.65. The zero-order valence-corrected chi connectivity index (χ0v) is 23.2. The smallest absolute Gasteiger partial charge is 0.223 e. The second kappa shape index (κ2) is 12.9. The largest absolute Gasteiger partial charge is 0.508 e. The summed E-state index contributed by atoms with van der Waals surface area (Å²) in [7, 11) is 0. The Morgan fingerprint density at radius 3 is 2.65 bits per heavy atom. The zero-order chi connectivity index (χ0) is 26.3. The average Bonchev–Trinajstić information content (AvgIpc) is 3.32. The number of nitrogens with one attached hydrogen (secondary N) is 1. The monoisotopic (exact) mass is 571 g/mol. The van der Waals surface area contributed by atoms with Gasteiger partial charge >= 0.3 is 0 Å². The van der Waals surface area contributed by atoms with Crippen LogP contribution in [0, 0.1) is 0 Å². The average molecular weight is 573 g/mol. The summed E-state index contributed by atoms with van der Waals surface area (Å²) in [5.41, 5.74) is 1.41. The fourth-order valence-electron chi connectivity index (χ4n) is 5.85. The molecule has 2 amide bonds. The van der Waals surface area contributed by atoms with E-state index in [-0.39, 0.29) is 23.6 Å². The van der Waals surface area contributed by atoms with Gasteiger partial charge in [-0.1, -0.05) is 46.3 Å². The first kappa shape index (κ1) is 27.6. The summed E-state index contributed by atoms with van der Waals surface area (Å²) < 4.78 is 6.41. The molecule has 2 aliphatic rings. The summed E-state index contributed by atoms with van der Waals surface area (Å²) in [4.78, 5) is 29.5. The molecule has 0 spiro atoms. The summed E-state index contributed by atoms with van der Waals surface area (Å²) in [6.07, 6.45) is 3.30. The van der Waals surface area contributed by atoms with Gasteiger partial charge in [0, 0.05) is 67.6 Å². The number of likely N-dealkylation sites (tertiary alicyclic amines) is 2. The van der Waals surface area contributed by atoms with Crippen molar-refractivity contribution in [3.63, 3.8) is 0 Å². The van der Waals surface area contributed by atoms with Gasteiger partial charge in [-0.3, -0.25) is 9.59 Å². The first-order valence-electron chi connectivity index (χ1n) is 13.4. The van der Waals surface area contributed by atoms with E-state index in [0.717, 1.165) is 28.6 Å². The molecule has 0 aliphatic carbocycles. The van der Waals surface area contributed by atoms with E-state index in [1.165, 1.54) is 0 Å². The molecule has 2 saturated heterocycles. The summed E-state index contributed by atoms with van der Waals surface area (Å²) in [5, 5.41) is 14.7. The molecule has 37 heavy (non-hydrogen) atoms. The fraction of sp³-hybridized carbons (Fsp3) is 0.517. The van der Waals surface area contributed by atoms with Gasteiger partial charge in [-0.15, -0.1) is 0 Å². The summed E-state index contributed by atoms with van der Waals surface area (Å²) in [6, 6.07) is 15.4. The van der Waals surface area contributed by atoms with E-state index < -0.39 is 5.41 Å². The Hall–Kier alpha value is -2.42. The van der Waals surface area contributed by atoms with E-state index >= 15 is 0 Å². The van der Waals surface area contributed by atoms with Crippen LogP contribution in [-0.2, 0) is 19.7 Å². The molecule has 8 heteroatoms. The number of rotatable bonds is 12. The molecule has 2 aromatic carbocycles. The highest BCUT2D eigenvalue weighted by atomic mass is 79.9. The van der Waals surface area contributed by atoms with E-state index in [0.29, 0.717) is 65.1 Å². The number of nitrogens with zero attached hydrogens (tertiary/aromatic N) is 2. The third kappa shape index (κ3) is 6.36. The number of carbonyl (C=O) groups is 2. The third-order valence-electron chi connectivity index (χ3n) is 7.64. The van der Waals surface area contributed by atoms with Gasteiger partial charge in [0.25, 0.3) is 0 Å². The Morgan fingerprint density at radius 2 is 1.92 bits per heavy atom. The lowest BCUT2D eigenvalue weighted by Gasteiger charge is -2.51. The molecule has 7 nitrogen and oxygen atoms in total. The molecule has 0 saturated carbocycles. The lowest BCUT2D eigenvalue weighted by molar-refractivity contribution is -0.140. The SMILES string of the molecule is CCOCCNCC1(c2ccccc2)CCC(=O)N(CCCN2CCCC2=O)C1c1cc(Br)ccc1O. The molecular formula is C29H38BrN3O4. The van der Waals surface area contributed by atoms with Gasteiger partial charge in [-0.25, -0.2) is 0 Å². The molecule has 2 aromatic rings. The molecule has 2 atom stereocenters. The number of amides is 2. The van der Waals surface area contributed by atoms with Crippen LogP contribution in [0.1, 0.15) is 56.2 Å². The molecule has 2 heterocycles. The van der Waals surface area contributed by atoms with Crippen molar-refractivity contribution in [2.45, 2.75) is 50.5 Å². The highest BCUT2D eigenvalue weighted by Gasteiger charge is 2.49. The Balaban J connectivity index is 1.71. The Kier molecular flexibility index (Phi) is 9.62. The van der Waals surface area contributed by atoms with Crippen molar-refractivity contribution < 1.29 is 19.4 Å². The van der Waals surface area contributed by atoms with Crippen LogP contribution in [0.5, 0.6) is 5.75 Å². The normalized spacial score (nSPS) is 22.2. The van der Waals surface area contributed by atoms with E-state index in [1.807, 2.05) is 47.1 Å². The van der Waals surface area contributed by atoms with E-state index in [1.54, 1.807) is 6.07 Å². The van der Waals surface area contributed by atoms with Gasteiger partial charge in [0.1, 0.15) is 5.75 Å². The van der Waals surface area contributed by atoms with E-state index in [2.05, 4.69) is 33.4 Å². The lowest BCUT2D eigenvalue weighted by Crippen LogP contribution is -2.56. The van der Waals surface area contributed by atoms with Crippen LogP contribution in [0.25, 0.3) is 0 Å². The van der Waals surface area contributed by atoms with Crippen LogP contribution in [0.15, 0.2) is 53.0 Å². The van der Waals surface area contributed by atoms with Crippen LogP contribution in [-0.4, -0.2) is 72.7 Å². The van der Waals surface area contributed by atoms with Crippen molar-refractivity contribution in [3.8, 4) is 5.75 Å². The van der Waals surface area contributed by atoms with Crippen LogP contribution in [0.2, 0.25) is 0 Å². The Labute approximate surface area is 228 Å². The fourth-order valence-corrected chi connectivity index (χ4v) is 6.23. The molecule has 0 bridgehead atoms. The summed E-state index contributed by atoms with van der Waals surface area (Å²) in [6.45, 7) is 6.55. The van der Waals surface area contributed by atoms with Crippen LogP contribution in [0.4, 0.5) is 0 Å². The molecule has 200 valence electrons. The Bertz CT molecular complexity index is 1070. The molecule has 2 unspecified atom stereocenters. The predicted molar refractivity (Wildman–Crippen MR) is 147 cm³/mol. The van der Waals surface area contributed by atoms with Gasteiger partial charge in [0.15, 0.2) is 0 Å². The molecule has 2 N–H and O–H groups in total. The van der Waals surface area contributed by atoms with Crippen molar-refractivity contribution in [2.24, 2.45) is 0 Å². The number of phenols is 1. The minimum atomic E-state index is -0.455. The number of benzene rings is 2. The van der Waals surface area contributed by atoms with Crippen molar-refractivity contribution in [2.75, 3.05) is 45.9 Å². The number of hydrogen-bond donors (Lipinski definition) is 2. The highest BCUT2D eigenvalue weighted by molar-refractivity contribution is 9.10. The van der Waals surface area contributed by atoms with Crippen LogP contribution < -0.4 is 5.32 Å². The maximum Gasteiger partial charge on any atom is 0.223 e. The van der Waals surface area contributed by atoms with Crippen molar-refractivity contribution in [3.05, 3.63) is 64.1 Å². The molecule has 4 rings (SSSR count). The maximum atomic E-state index is 13.5. The standard InChI is InChI=1S/C29H38BrN3O4/c1-2-37-19-15-31-21-29(22-8-4-3-5-9-22)14-13-27(36)33(18-7-17-32-16-6-10-26(32)35)28(29)24-20-23(30)11-12-25(24)34/h3-5,8-9,11-12,20,28,31,34H,2,6-7,10,13-19,21H2,1H3. The van der Waals surface area contributed by atoms with Gasteiger partial charge < -0.3 is 25.0 Å². The molecule has 0 aromatic heterocycles. The van der Waals surface area contributed by atoms with Crippen molar-refractivity contribution in [1.29, 1.82) is 0 Å². The summed E-state index contributed by atoms with van der Waals surface area (Å²) in [5.74, 6) is 0.457. The molecule has 2 aliphatic heterocycles. The number of aromatic hydroxyl groups is 1. The first-order valence-corrected chi connectivity index (χ1v) is 14.1. The second-order valence-corrected chi connectivity index (χ2v) is 10.8. The van der Waals surface area contributed by atoms with E-state index in [9.17, 15) is 14.7 Å². The molecule has 2 fully saturated rings. The number of piperidine rings is 1. The summed E-state index contributed by atoms with van der Waals surface area (Å²) >= 11 is 3.59. The number of carbonyl (C=O) groups excluding carboxylic acids is 2. The van der Waals surface area contributed by atoms with Gasteiger partial charge in [0.2, 0.25) is 11.8 Å². The van der Waals surface area contributed by atoms with Crippen LogP contribution >= 0.6 is 15.9 Å². The quantitative estimate of drug-likeness (QED) is 0.369. The van der Waals surface area contributed by atoms with Crippen molar-refractivity contribution >= 4 is 27.7 Å². The Morgan fingerprint density at radius 1 is 1.11 bits per heavy atom. The van der Waals surface area contributed by atoms with Gasteiger partial charge in [-0.05, 0) is 49.9 Å². The topological polar surface area (TPSA) is 82.1 Å². The van der Waals surface area contributed by atoms with Crippen LogP contribution in [0.3, 0.4) is 0 Å². The minimum absolute atomic E-state index is 0.0815. The first-order chi connectivity index (χ1) is 18.0. The number of ether oxygens (including phenoxy) is 1. The minimum Gasteiger partial charge on any atom is -0.508 e. The van der Waals surface area contributed by atoms with E-state index in [4.69, 9.17) is 4.74 Å². The van der Waals surface area contributed by atoms with Gasteiger partial charge in [0.05, 0.1) is 12.6 Å². The number of halogens is 1. The highest BCUT2D eigenvalue weighted by Crippen LogP contribution is 2.50. The third-order valence-corrected chi connectivity index (χ3v) is 8.13. The predicted octanol–water partition coefficient (Wildman–Crippen LogP) is 4.39.